The molecule has 0 saturated heterocycles. The molecule has 1 aliphatic carbocycles. The summed E-state index contributed by atoms with van der Waals surface area (Å²) in [7, 11) is 0. The van der Waals surface area contributed by atoms with Crippen molar-refractivity contribution in [2.75, 3.05) is 6.61 Å². The van der Waals surface area contributed by atoms with Gasteiger partial charge in [-0.25, -0.2) is 4.79 Å². The van der Waals surface area contributed by atoms with Gasteiger partial charge in [-0.15, -0.1) is 10.2 Å². The SMILES string of the molecule is CCOC1CC(NC(=O)c2ccc3nnc(C)n3c2)(C(=O)O)C1(C)C. The Hall–Kier alpha value is -2.48. The van der Waals surface area contributed by atoms with Crippen molar-refractivity contribution in [1.82, 2.24) is 19.9 Å². The molecule has 0 aliphatic heterocycles. The van der Waals surface area contributed by atoms with E-state index in [4.69, 9.17) is 4.74 Å². The van der Waals surface area contributed by atoms with Crippen molar-refractivity contribution in [3.05, 3.63) is 29.7 Å². The van der Waals surface area contributed by atoms with Crippen molar-refractivity contribution in [2.24, 2.45) is 5.41 Å². The van der Waals surface area contributed by atoms with Gasteiger partial charge in [-0.2, -0.15) is 0 Å². The Morgan fingerprint density at radius 2 is 2.12 bits per heavy atom. The van der Waals surface area contributed by atoms with E-state index in [1.807, 2.05) is 6.92 Å². The predicted octanol–water partition coefficient (Wildman–Crippen LogP) is 1.43. The molecule has 2 atom stereocenters. The molecular formula is C17H22N4O4. The van der Waals surface area contributed by atoms with E-state index in [-0.39, 0.29) is 12.5 Å². The number of aryl methyl sites for hydroxylation is 1. The zero-order valence-electron chi connectivity index (χ0n) is 14.7. The molecule has 1 aliphatic rings. The van der Waals surface area contributed by atoms with Gasteiger partial charge in [0.15, 0.2) is 5.65 Å². The van der Waals surface area contributed by atoms with Gasteiger partial charge in [0, 0.05) is 24.6 Å². The Morgan fingerprint density at radius 3 is 2.72 bits per heavy atom. The van der Waals surface area contributed by atoms with Crippen LogP contribution in [0.15, 0.2) is 18.3 Å². The molecule has 0 spiro atoms. The number of ether oxygens (including phenoxy) is 1. The summed E-state index contributed by atoms with van der Waals surface area (Å²) in [6.07, 6.45) is 1.64. The zero-order chi connectivity index (χ0) is 18.4. The highest BCUT2D eigenvalue weighted by molar-refractivity contribution is 5.98. The number of pyridine rings is 1. The lowest BCUT2D eigenvalue weighted by Gasteiger charge is -2.58. The number of nitrogens with zero attached hydrogens (tertiary/aromatic N) is 3. The number of amides is 1. The second-order valence-electron chi connectivity index (χ2n) is 6.93. The molecule has 134 valence electrons. The monoisotopic (exact) mass is 346 g/mol. The molecule has 1 saturated carbocycles. The van der Waals surface area contributed by atoms with Gasteiger partial charge < -0.3 is 15.2 Å². The number of hydrogen-bond donors (Lipinski definition) is 2. The summed E-state index contributed by atoms with van der Waals surface area (Å²) < 4.78 is 7.31. The van der Waals surface area contributed by atoms with Crippen molar-refractivity contribution >= 4 is 17.5 Å². The molecule has 1 fully saturated rings. The smallest absolute Gasteiger partial charge is 0.330 e. The largest absolute Gasteiger partial charge is 0.479 e. The standard InChI is InChI=1S/C17H22N4O4/c1-5-25-12-8-17(15(23)24,16(12,3)4)18-14(22)11-6-7-13-20-19-10(2)21(13)9-11/h6-7,9,12H,5,8H2,1-4H3,(H,18,22)(H,23,24). The number of carboxylic acid groups (broad SMARTS) is 1. The van der Waals surface area contributed by atoms with Crippen molar-refractivity contribution in [3.8, 4) is 0 Å². The molecule has 2 aromatic rings. The van der Waals surface area contributed by atoms with Crippen molar-refractivity contribution in [2.45, 2.75) is 45.8 Å². The van der Waals surface area contributed by atoms with Gasteiger partial charge in [0.1, 0.15) is 11.4 Å². The highest BCUT2D eigenvalue weighted by Gasteiger charge is 2.66. The van der Waals surface area contributed by atoms with E-state index in [2.05, 4.69) is 15.5 Å². The molecule has 2 N–H and O–H groups in total. The third-order valence-corrected chi connectivity index (χ3v) is 5.29. The molecular weight excluding hydrogens is 324 g/mol. The zero-order valence-corrected chi connectivity index (χ0v) is 14.7. The number of aromatic nitrogens is 3. The first kappa shape index (κ1) is 17.3. The summed E-state index contributed by atoms with van der Waals surface area (Å²) in [5.74, 6) is -0.846. The van der Waals surface area contributed by atoms with E-state index in [1.54, 1.807) is 43.5 Å². The first-order valence-corrected chi connectivity index (χ1v) is 8.22. The lowest BCUT2D eigenvalue weighted by Crippen LogP contribution is -2.76. The minimum absolute atomic E-state index is 0.212. The second kappa shape index (κ2) is 5.80. The summed E-state index contributed by atoms with van der Waals surface area (Å²) in [4.78, 5) is 24.7. The normalized spacial score (nSPS) is 24.7. The molecule has 0 bridgehead atoms. The maximum atomic E-state index is 12.7. The number of carbonyl (C=O) groups is 2. The number of carbonyl (C=O) groups excluding carboxylic acids is 1. The Kier molecular flexibility index (Phi) is 4.03. The Balaban J connectivity index is 1.89. The lowest BCUT2D eigenvalue weighted by molar-refractivity contribution is -0.190. The van der Waals surface area contributed by atoms with Crippen molar-refractivity contribution in [1.29, 1.82) is 0 Å². The molecule has 25 heavy (non-hydrogen) atoms. The molecule has 1 amide bonds. The van der Waals surface area contributed by atoms with E-state index in [0.717, 1.165) is 0 Å². The highest BCUT2D eigenvalue weighted by Crippen LogP contribution is 2.51. The van der Waals surface area contributed by atoms with Crippen LogP contribution in [0.3, 0.4) is 0 Å². The molecule has 0 radical (unpaired) electrons. The molecule has 2 unspecified atom stereocenters. The first-order valence-electron chi connectivity index (χ1n) is 8.22. The third kappa shape index (κ3) is 2.48. The summed E-state index contributed by atoms with van der Waals surface area (Å²) in [6.45, 7) is 7.76. The van der Waals surface area contributed by atoms with Crippen molar-refractivity contribution in [3.63, 3.8) is 0 Å². The summed E-state index contributed by atoms with van der Waals surface area (Å²) in [5.41, 5.74) is -1.10. The van der Waals surface area contributed by atoms with Gasteiger partial charge in [-0.3, -0.25) is 9.20 Å². The van der Waals surface area contributed by atoms with Gasteiger partial charge in [0.2, 0.25) is 0 Å². The molecule has 8 nitrogen and oxygen atoms in total. The van der Waals surface area contributed by atoms with Crippen LogP contribution >= 0.6 is 0 Å². The van der Waals surface area contributed by atoms with Gasteiger partial charge in [-0.1, -0.05) is 13.8 Å². The van der Waals surface area contributed by atoms with Crippen LogP contribution in [0.4, 0.5) is 0 Å². The van der Waals surface area contributed by atoms with Crippen LogP contribution in [0.1, 0.15) is 43.4 Å². The van der Waals surface area contributed by atoms with Crippen molar-refractivity contribution < 1.29 is 19.4 Å². The summed E-state index contributed by atoms with van der Waals surface area (Å²) in [5, 5.41) is 20.4. The first-order chi connectivity index (χ1) is 11.7. The Morgan fingerprint density at radius 1 is 1.40 bits per heavy atom. The maximum absolute atomic E-state index is 12.7. The van der Waals surface area contributed by atoms with Crippen LogP contribution in [-0.2, 0) is 9.53 Å². The Labute approximate surface area is 145 Å². The van der Waals surface area contributed by atoms with Crippen LogP contribution in [0.25, 0.3) is 5.65 Å². The second-order valence-corrected chi connectivity index (χ2v) is 6.93. The number of rotatable bonds is 5. The fourth-order valence-electron chi connectivity index (χ4n) is 3.44. The third-order valence-electron chi connectivity index (χ3n) is 5.29. The number of aliphatic carboxylic acids is 1. The quantitative estimate of drug-likeness (QED) is 0.848. The molecule has 8 heteroatoms. The van der Waals surface area contributed by atoms with Crippen LogP contribution in [0.2, 0.25) is 0 Å². The number of hydrogen-bond acceptors (Lipinski definition) is 5. The minimum atomic E-state index is -1.36. The van der Waals surface area contributed by atoms with E-state index in [0.29, 0.717) is 23.6 Å². The van der Waals surface area contributed by atoms with E-state index < -0.39 is 22.8 Å². The number of carboxylic acids is 1. The van der Waals surface area contributed by atoms with E-state index in [1.165, 1.54) is 0 Å². The van der Waals surface area contributed by atoms with Gasteiger partial charge in [0.25, 0.3) is 5.91 Å². The average molecular weight is 346 g/mol. The van der Waals surface area contributed by atoms with Gasteiger partial charge in [0.05, 0.1) is 11.7 Å². The van der Waals surface area contributed by atoms with Crippen LogP contribution in [-0.4, -0.2) is 49.8 Å². The topological polar surface area (TPSA) is 106 Å². The van der Waals surface area contributed by atoms with Crippen LogP contribution < -0.4 is 5.32 Å². The summed E-state index contributed by atoms with van der Waals surface area (Å²) >= 11 is 0. The average Bonchev–Trinajstić information content (AvgIpc) is 2.93. The number of fused-ring (bicyclic) bond motifs is 1. The molecule has 2 aromatic heterocycles. The lowest BCUT2D eigenvalue weighted by atomic mass is 9.54. The van der Waals surface area contributed by atoms with E-state index in [9.17, 15) is 14.7 Å². The van der Waals surface area contributed by atoms with Gasteiger partial charge >= 0.3 is 5.97 Å². The van der Waals surface area contributed by atoms with Crippen LogP contribution in [0.5, 0.6) is 0 Å². The summed E-state index contributed by atoms with van der Waals surface area (Å²) in [6, 6.07) is 3.29. The maximum Gasteiger partial charge on any atom is 0.330 e. The van der Waals surface area contributed by atoms with Crippen LogP contribution in [0, 0.1) is 12.3 Å². The van der Waals surface area contributed by atoms with E-state index >= 15 is 0 Å². The highest BCUT2D eigenvalue weighted by atomic mass is 16.5. The minimum Gasteiger partial charge on any atom is -0.479 e. The van der Waals surface area contributed by atoms with Gasteiger partial charge in [-0.05, 0) is 26.0 Å². The predicted molar refractivity (Wildman–Crippen MR) is 89.4 cm³/mol. The fourth-order valence-corrected chi connectivity index (χ4v) is 3.44. The Bertz CT molecular complexity index is 844. The molecule has 3 rings (SSSR count). The number of nitrogens with one attached hydrogen (secondary N) is 1. The molecule has 2 heterocycles. The fraction of sp³-hybridized carbons (Fsp3) is 0.529. The molecule has 0 aromatic carbocycles.